The predicted molar refractivity (Wildman–Crippen MR) is 74.3 cm³/mol. The van der Waals surface area contributed by atoms with E-state index in [2.05, 4.69) is 22.5 Å². The number of amides is 1. The molecule has 104 valence electrons. The molecule has 2 rings (SSSR count). The third-order valence-corrected chi connectivity index (χ3v) is 3.31. The van der Waals surface area contributed by atoms with Crippen LogP contribution in [-0.2, 0) is 4.74 Å². The Morgan fingerprint density at radius 2 is 2.37 bits per heavy atom. The number of hydrogen-bond donors (Lipinski definition) is 2. The van der Waals surface area contributed by atoms with Crippen molar-refractivity contribution < 1.29 is 9.53 Å². The van der Waals surface area contributed by atoms with Crippen molar-refractivity contribution >= 4 is 11.7 Å². The highest BCUT2D eigenvalue weighted by Gasteiger charge is 2.29. The molecule has 1 aliphatic rings. The molecule has 0 radical (unpaired) electrons. The molecule has 2 heterocycles. The Kier molecular flexibility index (Phi) is 4.37. The normalized spacial score (nSPS) is 22.2. The predicted octanol–water partition coefficient (Wildman–Crippen LogP) is 1.81. The van der Waals surface area contributed by atoms with Crippen LogP contribution in [0.15, 0.2) is 18.3 Å². The minimum Gasteiger partial charge on any atom is -0.373 e. The second-order valence-corrected chi connectivity index (χ2v) is 5.05. The van der Waals surface area contributed by atoms with E-state index in [0.29, 0.717) is 12.1 Å². The zero-order valence-electron chi connectivity index (χ0n) is 11.5. The minimum absolute atomic E-state index is 0.0901. The maximum atomic E-state index is 11.6. The Morgan fingerprint density at radius 3 is 2.95 bits per heavy atom. The van der Waals surface area contributed by atoms with E-state index in [1.807, 2.05) is 13.0 Å². The van der Waals surface area contributed by atoms with Gasteiger partial charge in [-0.25, -0.2) is 4.98 Å². The second kappa shape index (κ2) is 6.02. The molecule has 1 aliphatic heterocycles. The number of carbonyl (C=O) groups excluding carboxylic acids is 1. The Labute approximate surface area is 113 Å². The molecule has 19 heavy (non-hydrogen) atoms. The average molecular weight is 263 g/mol. The first-order valence-corrected chi connectivity index (χ1v) is 6.75. The van der Waals surface area contributed by atoms with Gasteiger partial charge in [0.05, 0.1) is 11.2 Å². The quantitative estimate of drug-likeness (QED) is 0.850. The summed E-state index contributed by atoms with van der Waals surface area (Å²) in [5, 5.41) is 6.00. The van der Waals surface area contributed by atoms with E-state index in [1.54, 1.807) is 12.3 Å². The largest absolute Gasteiger partial charge is 0.373 e. The summed E-state index contributed by atoms with van der Waals surface area (Å²) in [5.74, 6) is 0.678. The molecule has 1 aromatic heterocycles. The lowest BCUT2D eigenvalue weighted by molar-refractivity contribution is 0.0314. The van der Waals surface area contributed by atoms with Crippen LogP contribution in [0.4, 0.5) is 5.82 Å². The van der Waals surface area contributed by atoms with Crippen molar-refractivity contribution in [2.24, 2.45) is 0 Å². The Hall–Kier alpha value is -1.62. The second-order valence-electron chi connectivity index (χ2n) is 5.05. The molecule has 0 spiro atoms. The third-order valence-electron chi connectivity index (χ3n) is 3.31. The summed E-state index contributed by atoms with van der Waals surface area (Å²) >= 11 is 0. The van der Waals surface area contributed by atoms with Crippen LogP contribution in [-0.4, -0.2) is 36.2 Å². The van der Waals surface area contributed by atoms with Crippen LogP contribution in [0.1, 0.15) is 37.0 Å². The maximum absolute atomic E-state index is 11.6. The standard InChI is InChI=1S/C14H21N3O2/c1-3-15-13(18)11-5-6-12(16-9-11)17-10-14(2)7-4-8-19-14/h5-6,9H,3-4,7-8,10H2,1-2H3,(H,15,18)(H,16,17). The first-order valence-electron chi connectivity index (χ1n) is 6.75. The van der Waals surface area contributed by atoms with Gasteiger partial charge in [0.15, 0.2) is 0 Å². The van der Waals surface area contributed by atoms with Crippen LogP contribution in [0.3, 0.4) is 0 Å². The zero-order chi connectivity index (χ0) is 13.7. The summed E-state index contributed by atoms with van der Waals surface area (Å²) in [6.07, 6.45) is 3.77. The summed E-state index contributed by atoms with van der Waals surface area (Å²) in [7, 11) is 0. The molecule has 1 unspecified atom stereocenters. The topological polar surface area (TPSA) is 63.2 Å². The third kappa shape index (κ3) is 3.67. The van der Waals surface area contributed by atoms with Gasteiger partial charge >= 0.3 is 0 Å². The molecular weight excluding hydrogens is 242 g/mol. The van der Waals surface area contributed by atoms with E-state index in [-0.39, 0.29) is 11.5 Å². The van der Waals surface area contributed by atoms with Crippen molar-refractivity contribution in [2.75, 3.05) is 25.0 Å². The number of hydrogen-bond acceptors (Lipinski definition) is 4. The van der Waals surface area contributed by atoms with Gasteiger partial charge in [-0.1, -0.05) is 0 Å². The van der Waals surface area contributed by atoms with Gasteiger partial charge < -0.3 is 15.4 Å². The molecule has 0 aliphatic carbocycles. The molecule has 1 saturated heterocycles. The zero-order valence-corrected chi connectivity index (χ0v) is 11.5. The van der Waals surface area contributed by atoms with Crippen molar-refractivity contribution in [3.05, 3.63) is 23.9 Å². The van der Waals surface area contributed by atoms with Gasteiger partial charge in [-0.2, -0.15) is 0 Å². The highest BCUT2D eigenvalue weighted by Crippen LogP contribution is 2.25. The van der Waals surface area contributed by atoms with Crippen LogP contribution in [0, 0.1) is 0 Å². The minimum atomic E-state index is -0.0973. The Bertz CT molecular complexity index is 425. The van der Waals surface area contributed by atoms with Gasteiger partial charge in [-0.15, -0.1) is 0 Å². The van der Waals surface area contributed by atoms with Gasteiger partial charge in [0.25, 0.3) is 5.91 Å². The fourth-order valence-electron chi connectivity index (χ4n) is 2.15. The molecule has 5 heteroatoms. The number of aromatic nitrogens is 1. The fraction of sp³-hybridized carbons (Fsp3) is 0.571. The number of nitrogens with zero attached hydrogens (tertiary/aromatic N) is 1. The summed E-state index contributed by atoms with van der Waals surface area (Å²) in [4.78, 5) is 15.8. The monoisotopic (exact) mass is 263 g/mol. The molecular formula is C14H21N3O2. The fourth-order valence-corrected chi connectivity index (χ4v) is 2.15. The maximum Gasteiger partial charge on any atom is 0.252 e. The van der Waals surface area contributed by atoms with Gasteiger partial charge in [0.1, 0.15) is 5.82 Å². The van der Waals surface area contributed by atoms with E-state index >= 15 is 0 Å². The summed E-state index contributed by atoms with van der Waals surface area (Å²) in [6.45, 7) is 6.19. The van der Waals surface area contributed by atoms with Gasteiger partial charge in [-0.05, 0) is 38.8 Å². The van der Waals surface area contributed by atoms with Crippen molar-refractivity contribution in [3.63, 3.8) is 0 Å². The van der Waals surface area contributed by atoms with Crippen molar-refractivity contribution in [3.8, 4) is 0 Å². The number of pyridine rings is 1. The van der Waals surface area contributed by atoms with E-state index < -0.39 is 0 Å². The lowest BCUT2D eigenvalue weighted by Crippen LogP contribution is -2.32. The smallest absolute Gasteiger partial charge is 0.252 e. The molecule has 1 fully saturated rings. The van der Waals surface area contributed by atoms with Crippen LogP contribution in [0.25, 0.3) is 0 Å². The lowest BCUT2D eigenvalue weighted by atomic mass is 10.0. The van der Waals surface area contributed by atoms with E-state index in [1.165, 1.54) is 0 Å². The summed E-state index contributed by atoms with van der Waals surface area (Å²) in [6, 6.07) is 3.60. The Balaban J connectivity index is 1.90. The van der Waals surface area contributed by atoms with Crippen LogP contribution >= 0.6 is 0 Å². The van der Waals surface area contributed by atoms with Gasteiger partial charge in [0.2, 0.25) is 0 Å². The van der Waals surface area contributed by atoms with Crippen LogP contribution in [0.2, 0.25) is 0 Å². The van der Waals surface area contributed by atoms with E-state index in [4.69, 9.17) is 4.74 Å². The summed E-state index contributed by atoms with van der Waals surface area (Å²) < 4.78 is 5.70. The van der Waals surface area contributed by atoms with Crippen molar-refractivity contribution in [1.82, 2.24) is 10.3 Å². The van der Waals surface area contributed by atoms with Gasteiger partial charge in [0, 0.05) is 25.9 Å². The number of nitrogens with one attached hydrogen (secondary N) is 2. The molecule has 0 saturated carbocycles. The number of anilines is 1. The molecule has 0 aromatic carbocycles. The first-order chi connectivity index (χ1) is 9.13. The van der Waals surface area contributed by atoms with E-state index in [0.717, 1.165) is 31.8 Å². The number of rotatable bonds is 5. The van der Waals surface area contributed by atoms with Crippen molar-refractivity contribution in [2.45, 2.75) is 32.3 Å². The Morgan fingerprint density at radius 1 is 1.53 bits per heavy atom. The average Bonchev–Trinajstić information content (AvgIpc) is 2.85. The number of ether oxygens (including phenoxy) is 1. The molecule has 0 bridgehead atoms. The number of carbonyl (C=O) groups is 1. The summed E-state index contributed by atoms with van der Waals surface area (Å²) in [5.41, 5.74) is 0.482. The van der Waals surface area contributed by atoms with Crippen LogP contribution in [0.5, 0.6) is 0 Å². The highest BCUT2D eigenvalue weighted by molar-refractivity contribution is 5.93. The van der Waals surface area contributed by atoms with Crippen molar-refractivity contribution in [1.29, 1.82) is 0 Å². The van der Waals surface area contributed by atoms with Gasteiger partial charge in [-0.3, -0.25) is 4.79 Å². The molecule has 1 atom stereocenters. The SMILES string of the molecule is CCNC(=O)c1ccc(NCC2(C)CCCO2)nc1. The van der Waals surface area contributed by atoms with Crippen LogP contribution < -0.4 is 10.6 Å². The lowest BCUT2D eigenvalue weighted by Gasteiger charge is -2.23. The molecule has 2 N–H and O–H groups in total. The van der Waals surface area contributed by atoms with E-state index in [9.17, 15) is 4.79 Å². The highest BCUT2D eigenvalue weighted by atomic mass is 16.5. The first kappa shape index (κ1) is 13.8. The molecule has 1 amide bonds. The molecule has 5 nitrogen and oxygen atoms in total. The molecule has 1 aromatic rings.